The maximum atomic E-state index is 13.6. The van der Waals surface area contributed by atoms with E-state index < -0.39 is 5.54 Å². The molecule has 1 aromatic heterocycles. The zero-order valence-corrected chi connectivity index (χ0v) is 17.7. The molecular weight excluding hydrogens is 423 g/mol. The van der Waals surface area contributed by atoms with Crippen molar-refractivity contribution >= 4 is 52.1 Å². The summed E-state index contributed by atoms with van der Waals surface area (Å²) in [7, 11) is 0. The SMILES string of the molecule is CC12C(=O)N(N=Cc3cccc(Cl)c3Cl)CC(=O)N1CCc1c2[nH]c2ccccc12. The van der Waals surface area contributed by atoms with Crippen molar-refractivity contribution in [3.05, 3.63) is 69.3 Å². The first kappa shape index (κ1) is 19.2. The van der Waals surface area contributed by atoms with E-state index in [1.54, 1.807) is 30.0 Å². The number of hydrogen-bond donors (Lipinski definition) is 1. The Bertz CT molecular complexity index is 1240. The fourth-order valence-corrected chi connectivity index (χ4v) is 4.79. The quantitative estimate of drug-likeness (QED) is 0.612. The number of nitrogens with zero attached hydrogens (tertiary/aromatic N) is 3. The molecule has 1 unspecified atom stereocenters. The van der Waals surface area contributed by atoms with E-state index in [2.05, 4.69) is 10.1 Å². The molecule has 3 aromatic rings. The van der Waals surface area contributed by atoms with Gasteiger partial charge in [0.1, 0.15) is 6.54 Å². The molecule has 30 heavy (non-hydrogen) atoms. The highest BCUT2D eigenvalue weighted by molar-refractivity contribution is 6.43. The van der Waals surface area contributed by atoms with Gasteiger partial charge in [-0.3, -0.25) is 9.59 Å². The molecule has 2 aliphatic rings. The van der Waals surface area contributed by atoms with Crippen LogP contribution in [0.3, 0.4) is 0 Å². The van der Waals surface area contributed by atoms with Gasteiger partial charge in [-0.2, -0.15) is 5.10 Å². The highest BCUT2D eigenvalue weighted by Gasteiger charge is 2.54. The van der Waals surface area contributed by atoms with Crippen molar-refractivity contribution in [1.29, 1.82) is 0 Å². The molecule has 152 valence electrons. The van der Waals surface area contributed by atoms with Gasteiger partial charge in [-0.05, 0) is 31.0 Å². The van der Waals surface area contributed by atoms with Gasteiger partial charge in [0, 0.05) is 23.0 Å². The van der Waals surface area contributed by atoms with E-state index in [1.165, 1.54) is 11.2 Å². The fraction of sp³-hybridized carbons (Fsp3) is 0.227. The summed E-state index contributed by atoms with van der Waals surface area (Å²) < 4.78 is 0. The van der Waals surface area contributed by atoms with Crippen molar-refractivity contribution in [1.82, 2.24) is 14.9 Å². The molecule has 0 bridgehead atoms. The Morgan fingerprint density at radius 1 is 1.13 bits per heavy atom. The van der Waals surface area contributed by atoms with Gasteiger partial charge in [0.25, 0.3) is 5.91 Å². The van der Waals surface area contributed by atoms with Crippen LogP contribution in [0.15, 0.2) is 47.6 Å². The number of nitrogens with one attached hydrogen (secondary N) is 1. The van der Waals surface area contributed by atoms with E-state index in [0.717, 1.165) is 22.2 Å². The maximum absolute atomic E-state index is 13.6. The summed E-state index contributed by atoms with van der Waals surface area (Å²) in [6, 6.07) is 13.1. The Morgan fingerprint density at radius 2 is 1.93 bits per heavy atom. The summed E-state index contributed by atoms with van der Waals surface area (Å²) in [4.78, 5) is 31.6. The second-order valence-electron chi connectivity index (χ2n) is 7.64. The minimum Gasteiger partial charge on any atom is -0.356 e. The van der Waals surface area contributed by atoms with E-state index in [-0.39, 0.29) is 18.4 Å². The standard InChI is InChI=1S/C22H18Cl2N4O2/c1-22-20-15(14-6-2-3-8-17(14)26-20)9-10-27(22)18(29)12-28(21(22)30)25-11-13-5-4-7-16(23)19(13)24/h2-8,11,26H,9-10,12H2,1H3. The highest BCUT2D eigenvalue weighted by atomic mass is 35.5. The topological polar surface area (TPSA) is 68.8 Å². The molecule has 1 fully saturated rings. The third-order valence-corrected chi connectivity index (χ3v) is 6.81. The lowest BCUT2D eigenvalue weighted by molar-refractivity contribution is -0.165. The van der Waals surface area contributed by atoms with Crippen molar-refractivity contribution in [2.24, 2.45) is 5.10 Å². The van der Waals surface area contributed by atoms with Crippen LogP contribution < -0.4 is 0 Å². The van der Waals surface area contributed by atoms with Gasteiger partial charge in [-0.1, -0.05) is 53.5 Å². The number of aromatic amines is 1. The third kappa shape index (κ3) is 2.67. The number of aromatic nitrogens is 1. The van der Waals surface area contributed by atoms with E-state index >= 15 is 0 Å². The van der Waals surface area contributed by atoms with Gasteiger partial charge >= 0.3 is 0 Å². The molecule has 0 aliphatic carbocycles. The van der Waals surface area contributed by atoms with E-state index in [9.17, 15) is 9.59 Å². The Morgan fingerprint density at radius 3 is 2.77 bits per heavy atom. The largest absolute Gasteiger partial charge is 0.356 e. The Kier molecular flexibility index (Phi) is 4.38. The normalized spacial score (nSPS) is 21.4. The van der Waals surface area contributed by atoms with Gasteiger partial charge in [-0.25, -0.2) is 5.01 Å². The fourth-order valence-electron chi connectivity index (χ4n) is 4.44. The second-order valence-corrected chi connectivity index (χ2v) is 8.43. The molecule has 6 nitrogen and oxygen atoms in total. The number of para-hydroxylation sites is 1. The second kappa shape index (κ2) is 6.86. The number of benzene rings is 2. The first-order chi connectivity index (χ1) is 14.4. The molecular formula is C22H18Cl2N4O2. The van der Waals surface area contributed by atoms with Crippen LogP contribution in [0.2, 0.25) is 10.0 Å². The first-order valence-corrected chi connectivity index (χ1v) is 10.4. The van der Waals surface area contributed by atoms with E-state index in [4.69, 9.17) is 23.2 Å². The molecule has 8 heteroatoms. The number of halogens is 2. The number of carbonyl (C=O) groups is 2. The maximum Gasteiger partial charge on any atom is 0.275 e. The summed E-state index contributed by atoms with van der Waals surface area (Å²) in [5, 5.41) is 7.35. The van der Waals surface area contributed by atoms with Crippen LogP contribution in [0.4, 0.5) is 0 Å². The molecule has 0 saturated carbocycles. The third-order valence-electron chi connectivity index (χ3n) is 5.98. The van der Waals surface area contributed by atoms with Crippen molar-refractivity contribution in [2.45, 2.75) is 18.9 Å². The molecule has 2 aliphatic heterocycles. The van der Waals surface area contributed by atoms with Gasteiger partial charge in [0.15, 0.2) is 5.54 Å². The summed E-state index contributed by atoms with van der Waals surface area (Å²) in [6.07, 6.45) is 2.17. The highest BCUT2D eigenvalue weighted by Crippen LogP contribution is 2.42. The molecule has 1 atom stereocenters. The Labute approximate surface area is 183 Å². The Hall–Kier alpha value is -2.83. The summed E-state index contributed by atoms with van der Waals surface area (Å²) in [5.74, 6) is -0.403. The molecule has 1 saturated heterocycles. The van der Waals surface area contributed by atoms with Crippen LogP contribution in [0.1, 0.15) is 23.7 Å². The molecule has 1 N–H and O–H groups in total. The Balaban J connectivity index is 1.57. The summed E-state index contributed by atoms with van der Waals surface area (Å²) in [6.45, 7) is 2.17. The van der Waals surface area contributed by atoms with Gasteiger partial charge < -0.3 is 9.88 Å². The average molecular weight is 441 g/mol. The molecule has 2 aromatic carbocycles. The predicted octanol–water partition coefficient (Wildman–Crippen LogP) is 3.95. The lowest BCUT2D eigenvalue weighted by atomic mass is 9.83. The molecule has 5 rings (SSSR count). The van der Waals surface area contributed by atoms with Crippen LogP contribution in [-0.4, -0.2) is 46.0 Å². The lowest BCUT2D eigenvalue weighted by Gasteiger charge is -2.48. The van der Waals surface area contributed by atoms with Crippen molar-refractivity contribution in [3.63, 3.8) is 0 Å². The zero-order chi connectivity index (χ0) is 21.0. The van der Waals surface area contributed by atoms with Crippen molar-refractivity contribution in [3.8, 4) is 0 Å². The number of H-pyrrole nitrogens is 1. The first-order valence-electron chi connectivity index (χ1n) is 9.61. The minimum absolute atomic E-state index is 0.112. The number of hydrazone groups is 1. The van der Waals surface area contributed by atoms with Crippen LogP contribution in [-0.2, 0) is 21.5 Å². The van der Waals surface area contributed by atoms with Gasteiger partial charge in [0.05, 0.1) is 22.0 Å². The molecule has 2 amide bonds. The van der Waals surface area contributed by atoms with Crippen molar-refractivity contribution < 1.29 is 9.59 Å². The number of amides is 2. The zero-order valence-electron chi connectivity index (χ0n) is 16.2. The molecule has 3 heterocycles. The van der Waals surface area contributed by atoms with Crippen LogP contribution in [0.25, 0.3) is 10.9 Å². The van der Waals surface area contributed by atoms with Crippen LogP contribution in [0.5, 0.6) is 0 Å². The van der Waals surface area contributed by atoms with E-state index in [1.807, 2.05) is 24.3 Å². The average Bonchev–Trinajstić information content (AvgIpc) is 3.12. The van der Waals surface area contributed by atoms with Crippen LogP contribution >= 0.6 is 23.2 Å². The minimum atomic E-state index is -1.14. The van der Waals surface area contributed by atoms with E-state index in [0.29, 0.717) is 28.6 Å². The lowest BCUT2D eigenvalue weighted by Crippen LogP contribution is -2.65. The molecule has 0 radical (unpaired) electrons. The van der Waals surface area contributed by atoms with Crippen molar-refractivity contribution in [2.75, 3.05) is 13.1 Å². The molecule has 0 spiro atoms. The smallest absolute Gasteiger partial charge is 0.275 e. The summed E-state index contributed by atoms with van der Waals surface area (Å²) in [5.41, 5.74) is 2.23. The number of fused-ring (bicyclic) bond motifs is 5. The summed E-state index contributed by atoms with van der Waals surface area (Å²) >= 11 is 12.3. The van der Waals surface area contributed by atoms with Gasteiger partial charge in [-0.15, -0.1) is 0 Å². The number of piperazine rings is 1. The predicted molar refractivity (Wildman–Crippen MR) is 117 cm³/mol. The number of rotatable bonds is 2. The van der Waals surface area contributed by atoms with Gasteiger partial charge in [0.2, 0.25) is 5.91 Å². The number of hydrogen-bond acceptors (Lipinski definition) is 3. The monoisotopic (exact) mass is 440 g/mol. The number of carbonyl (C=O) groups excluding carboxylic acids is 2. The van der Waals surface area contributed by atoms with Crippen LogP contribution in [0, 0.1) is 0 Å².